The van der Waals surface area contributed by atoms with Crippen LogP contribution in [0.2, 0.25) is 0 Å². The van der Waals surface area contributed by atoms with Gasteiger partial charge in [0.25, 0.3) is 5.71 Å². The highest BCUT2D eigenvalue weighted by Gasteiger charge is 2.30. The van der Waals surface area contributed by atoms with E-state index in [9.17, 15) is 5.11 Å². The Balaban J connectivity index is 1.55. The van der Waals surface area contributed by atoms with Crippen LogP contribution in [0, 0.1) is 19.8 Å². The third-order valence-corrected chi connectivity index (χ3v) is 5.01. The SMILES string of the molecule is Cc1nc(N2CCC([C@@H](O)c3nccn3C)CC2)c2c(C)noc2n1. The van der Waals surface area contributed by atoms with Gasteiger partial charge in [0.05, 0.1) is 5.69 Å². The zero-order valence-electron chi connectivity index (χ0n) is 14.7. The van der Waals surface area contributed by atoms with Crippen LogP contribution in [0.3, 0.4) is 0 Å². The zero-order valence-corrected chi connectivity index (χ0v) is 14.7. The molecule has 8 nitrogen and oxygen atoms in total. The van der Waals surface area contributed by atoms with E-state index in [4.69, 9.17) is 4.52 Å². The van der Waals surface area contributed by atoms with E-state index in [1.807, 2.05) is 31.7 Å². The molecule has 3 aromatic heterocycles. The summed E-state index contributed by atoms with van der Waals surface area (Å²) < 4.78 is 7.19. The van der Waals surface area contributed by atoms with Gasteiger partial charge in [-0.3, -0.25) is 0 Å². The number of aliphatic hydroxyl groups is 1. The number of rotatable bonds is 3. The maximum Gasteiger partial charge on any atom is 0.263 e. The summed E-state index contributed by atoms with van der Waals surface area (Å²) in [5.74, 6) is 2.48. The quantitative estimate of drug-likeness (QED) is 0.777. The van der Waals surface area contributed by atoms with Crippen LogP contribution >= 0.6 is 0 Å². The summed E-state index contributed by atoms with van der Waals surface area (Å²) in [5.41, 5.74) is 1.34. The second kappa shape index (κ2) is 6.11. The fourth-order valence-electron chi connectivity index (χ4n) is 3.60. The number of anilines is 1. The van der Waals surface area contributed by atoms with Crippen molar-refractivity contribution < 1.29 is 9.63 Å². The van der Waals surface area contributed by atoms with E-state index in [0.29, 0.717) is 11.5 Å². The first-order valence-corrected chi connectivity index (χ1v) is 8.55. The largest absolute Gasteiger partial charge is 0.385 e. The normalized spacial score (nSPS) is 17.4. The van der Waals surface area contributed by atoms with Gasteiger partial charge in [0.15, 0.2) is 0 Å². The molecule has 0 radical (unpaired) electrons. The average molecular weight is 342 g/mol. The Morgan fingerprint density at radius 1 is 1.24 bits per heavy atom. The minimum atomic E-state index is -0.536. The summed E-state index contributed by atoms with van der Waals surface area (Å²) in [6, 6.07) is 0. The first kappa shape index (κ1) is 16.0. The lowest BCUT2D eigenvalue weighted by Crippen LogP contribution is -2.36. The van der Waals surface area contributed by atoms with E-state index >= 15 is 0 Å². The molecule has 132 valence electrons. The Hall–Kier alpha value is -2.48. The molecule has 25 heavy (non-hydrogen) atoms. The molecule has 8 heteroatoms. The van der Waals surface area contributed by atoms with E-state index in [2.05, 4.69) is 25.0 Å². The molecule has 1 saturated heterocycles. The molecule has 3 aromatic rings. The van der Waals surface area contributed by atoms with Crippen LogP contribution in [0.25, 0.3) is 11.1 Å². The van der Waals surface area contributed by atoms with Crippen molar-refractivity contribution in [3.05, 3.63) is 29.7 Å². The highest BCUT2D eigenvalue weighted by molar-refractivity contribution is 5.88. The minimum absolute atomic E-state index is 0.194. The van der Waals surface area contributed by atoms with Crippen LogP contribution in [0.1, 0.15) is 36.3 Å². The lowest BCUT2D eigenvalue weighted by molar-refractivity contribution is 0.0824. The van der Waals surface area contributed by atoms with Crippen molar-refractivity contribution in [3.63, 3.8) is 0 Å². The fraction of sp³-hybridized carbons (Fsp3) is 0.529. The third kappa shape index (κ3) is 2.76. The predicted molar refractivity (Wildman–Crippen MR) is 92.2 cm³/mol. The molecule has 1 aliphatic heterocycles. The van der Waals surface area contributed by atoms with Crippen LogP contribution in [0.5, 0.6) is 0 Å². The third-order valence-electron chi connectivity index (χ3n) is 5.01. The van der Waals surface area contributed by atoms with Gasteiger partial charge in [0.2, 0.25) is 0 Å². The number of nitrogens with zero attached hydrogens (tertiary/aromatic N) is 6. The zero-order chi connectivity index (χ0) is 17.6. The number of aliphatic hydroxyl groups excluding tert-OH is 1. The van der Waals surface area contributed by atoms with Gasteiger partial charge in [-0.1, -0.05) is 5.16 Å². The van der Waals surface area contributed by atoms with Crippen LogP contribution in [-0.2, 0) is 7.05 Å². The predicted octanol–water partition coefficient (Wildman–Crippen LogP) is 1.92. The summed E-state index contributed by atoms with van der Waals surface area (Å²) in [6.45, 7) is 5.41. The van der Waals surface area contributed by atoms with Crippen molar-refractivity contribution in [2.75, 3.05) is 18.0 Å². The molecular formula is C17H22N6O2. The summed E-state index contributed by atoms with van der Waals surface area (Å²) in [5, 5.41) is 15.6. The molecule has 1 atom stereocenters. The number of aryl methyl sites for hydroxylation is 3. The van der Waals surface area contributed by atoms with Gasteiger partial charge < -0.3 is 19.1 Å². The van der Waals surface area contributed by atoms with Gasteiger partial charge in [0.1, 0.15) is 29.0 Å². The molecular weight excluding hydrogens is 320 g/mol. The van der Waals surface area contributed by atoms with Crippen molar-refractivity contribution in [1.29, 1.82) is 0 Å². The maximum absolute atomic E-state index is 10.6. The van der Waals surface area contributed by atoms with Gasteiger partial charge in [-0.25, -0.2) is 9.97 Å². The average Bonchev–Trinajstić information content (AvgIpc) is 3.20. The number of hydrogen-bond acceptors (Lipinski definition) is 7. The van der Waals surface area contributed by atoms with E-state index in [1.54, 1.807) is 6.20 Å². The molecule has 0 amide bonds. The molecule has 1 aliphatic rings. The smallest absolute Gasteiger partial charge is 0.263 e. The molecule has 0 saturated carbocycles. The van der Waals surface area contributed by atoms with E-state index in [-0.39, 0.29) is 5.92 Å². The molecule has 0 spiro atoms. The van der Waals surface area contributed by atoms with Crippen LogP contribution in [0.4, 0.5) is 5.82 Å². The van der Waals surface area contributed by atoms with Crippen LogP contribution in [-0.4, -0.2) is 42.9 Å². The molecule has 0 aliphatic carbocycles. The summed E-state index contributed by atoms with van der Waals surface area (Å²) in [7, 11) is 1.91. The molecule has 4 heterocycles. The van der Waals surface area contributed by atoms with Gasteiger partial charge in [0, 0.05) is 32.5 Å². The Morgan fingerprint density at radius 3 is 2.68 bits per heavy atom. The molecule has 1 fully saturated rings. The summed E-state index contributed by atoms with van der Waals surface area (Å²) >= 11 is 0. The Labute approximate surface area is 145 Å². The van der Waals surface area contributed by atoms with E-state index < -0.39 is 6.10 Å². The molecule has 0 aromatic carbocycles. The number of fused-ring (bicyclic) bond motifs is 1. The van der Waals surface area contributed by atoms with Gasteiger partial charge in [-0.05, 0) is 32.6 Å². The monoisotopic (exact) mass is 342 g/mol. The minimum Gasteiger partial charge on any atom is -0.385 e. The van der Waals surface area contributed by atoms with Crippen molar-refractivity contribution >= 4 is 16.9 Å². The van der Waals surface area contributed by atoms with Crippen molar-refractivity contribution in [2.24, 2.45) is 13.0 Å². The van der Waals surface area contributed by atoms with Gasteiger partial charge >= 0.3 is 0 Å². The number of piperidine rings is 1. The van der Waals surface area contributed by atoms with Gasteiger partial charge in [-0.2, -0.15) is 4.98 Å². The first-order chi connectivity index (χ1) is 12.0. The molecule has 1 N–H and O–H groups in total. The Kier molecular flexibility index (Phi) is 3.91. The lowest BCUT2D eigenvalue weighted by Gasteiger charge is -2.34. The van der Waals surface area contributed by atoms with Crippen molar-refractivity contribution in [3.8, 4) is 0 Å². The Bertz CT molecular complexity index is 894. The second-order valence-electron chi connectivity index (χ2n) is 6.71. The molecule has 0 bridgehead atoms. The molecule has 0 unspecified atom stereocenters. The summed E-state index contributed by atoms with van der Waals surface area (Å²) in [6.07, 6.45) is 4.81. The molecule has 4 rings (SSSR count). The fourth-order valence-corrected chi connectivity index (χ4v) is 3.60. The van der Waals surface area contributed by atoms with Crippen molar-refractivity contribution in [2.45, 2.75) is 32.8 Å². The maximum atomic E-state index is 10.6. The van der Waals surface area contributed by atoms with Crippen LogP contribution in [0.15, 0.2) is 16.9 Å². The topological polar surface area (TPSA) is 93.1 Å². The summed E-state index contributed by atoms with van der Waals surface area (Å²) in [4.78, 5) is 15.5. The number of hydrogen-bond donors (Lipinski definition) is 1. The van der Waals surface area contributed by atoms with E-state index in [0.717, 1.165) is 48.7 Å². The van der Waals surface area contributed by atoms with Crippen molar-refractivity contribution in [1.82, 2.24) is 24.7 Å². The van der Waals surface area contributed by atoms with Crippen LogP contribution < -0.4 is 4.90 Å². The lowest BCUT2D eigenvalue weighted by atomic mass is 9.90. The van der Waals surface area contributed by atoms with Gasteiger partial charge in [-0.15, -0.1) is 0 Å². The highest BCUT2D eigenvalue weighted by Crippen LogP contribution is 2.34. The first-order valence-electron chi connectivity index (χ1n) is 8.55. The van der Waals surface area contributed by atoms with E-state index in [1.165, 1.54) is 0 Å². The highest BCUT2D eigenvalue weighted by atomic mass is 16.5. The second-order valence-corrected chi connectivity index (χ2v) is 6.71. The number of aromatic nitrogens is 5. The Morgan fingerprint density at radius 2 is 2.00 bits per heavy atom. The number of imidazole rings is 1. The standard InChI is InChI=1S/C17H22N6O2/c1-10-13-15(19-11(2)20-17(13)25-21-10)23-7-4-12(5-8-23)14(24)16-18-6-9-22(16)3/h6,9,12,14,24H,4-5,7-8H2,1-3H3/t14-/m1/s1.